The van der Waals surface area contributed by atoms with E-state index in [4.69, 9.17) is 4.74 Å². The van der Waals surface area contributed by atoms with E-state index < -0.39 is 0 Å². The lowest BCUT2D eigenvalue weighted by atomic mass is 10.1. The zero-order chi connectivity index (χ0) is 20.8. The highest BCUT2D eigenvalue weighted by atomic mass is 32.2. The van der Waals surface area contributed by atoms with Crippen molar-refractivity contribution in [2.45, 2.75) is 11.9 Å². The van der Waals surface area contributed by atoms with Crippen molar-refractivity contribution in [1.29, 1.82) is 0 Å². The Morgan fingerprint density at radius 2 is 1.80 bits per heavy atom. The molecule has 7 heteroatoms. The molecule has 2 heterocycles. The van der Waals surface area contributed by atoms with Gasteiger partial charge in [-0.3, -0.25) is 14.5 Å². The number of nitrogens with one attached hydrogen (secondary N) is 1. The molecule has 1 N–H and O–H groups in total. The molecule has 2 saturated heterocycles. The van der Waals surface area contributed by atoms with Gasteiger partial charge in [0.1, 0.15) is 5.37 Å². The summed E-state index contributed by atoms with van der Waals surface area (Å²) in [6.07, 6.45) is 0. The summed E-state index contributed by atoms with van der Waals surface area (Å²) in [7, 11) is 0. The fourth-order valence-corrected chi connectivity index (χ4v) is 4.92. The van der Waals surface area contributed by atoms with E-state index in [1.54, 1.807) is 11.8 Å². The van der Waals surface area contributed by atoms with Crippen LogP contribution in [0.3, 0.4) is 0 Å². The molecule has 2 fully saturated rings. The molecule has 6 nitrogen and oxygen atoms in total. The lowest BCUT2D eigenvalue weighted by molar-refractivity contribution is -0.128. The standard InChI is InChI=1S/C23H27N3O3S/c27-21-17-30-23(26(21)16-18-4-2-1-3-5-18)20-8-6-19(7-9-20)22(28)24-10-11-25-12-14-29-15-13-25/h1-9,23H,10-17H2,(H,24,28)/t23-/m0/s1. The van der Waals surface area contributed by atoms with Crippen molar-refractivity contribution >= 4 is 23.6 Å². The van der Waals surface area contributed by atoms with Crippen LogP contribution in [0.25, 0.3) is 0 Å². The van der Waals surface area contributed by atoms with Crippen molar-refractivity contribution in [3.8, 4) is 0 Å². The van der Waals surface area contributed by atoms with Gasteiger partial charge in [-0.2, -0.15) is 0 Å². The number of nitrogens with zero attached hydrogens (tertiary/aromatic N) is 2. The summed E-state index contributed by atoms with van der Waals surface area (Å²) in [5.74, 6) is 0.575. The first kappa shape index (κ1) is 20.9. The number of rotatable bonds is 7. The van der Waals surface area contributed by atoms with Gasteiger partial charge in [-0.25, -0.2) is 0 Å². The zero-order valence-corrected chi connectivity index (χ0v) is 17.8. The molecule has 0 bridgehead atoms. The van der Waals surface area contributed by atoms with E-state index in [9.17, 15) is 9.59 Å². The summed E-state index contributed by atoms with van der Waals surface area (Å²) >= 11 is 1.63. The minimum atomic E-state index is -0.0638. The number of ether oxygens (including phenoxy) is 1. The number of benzene rings is 2. The van der Waals surface area contributed by atoms with Crippen LogP contribution in [0.2, 0.25) is 0 Å². The number of carbonyl (C=O) groups is 2. The largest absolute Gasteiger partial charge is 0.379 e. The second kappa shape index (κ2) is 10.1. The quantitative estimate of drug-likeness (QED) is 0.739. The number of carbonyl (C=O) groups excluding carboxylic acids is 2. The molecule has 158 valence electrons. The van der Waals surface area contributed by atoms with E-state index in [0.29, 0.717) is 24.4 Å². The Kier molecular flexibility index (Phi) is 7.04. The van der Waals surface area contributed by atoms with E-state index >= 15 is 0 Å². The molecule has 30 heavy (non-hydrogen) atoms. The van der Waals surface area contributed by atoms with Gasteiger partial charge in [0.15, 0.2) is 0 Å². The number of thioether (sulfide) groups is 1. The van der Waals surface area contributed by atoms with Crippen molar-refractivity contribution in [1.82, 2.24) is 15.1 Å². The van der Waals surface area contributed by atoms with Gasteiger partial charge in [-0.1, -0.05) is 42.5 Å². The minimum absolute atomic E-state index is 0.0175. The third kappa shape index (κ3) is 5.22. The van der Waals surface area contributed by atoms with Crippen LogP contribution in [0.15, 0.2) is 54.6 Å². The molecule has 0 aliphatic carbocycles. The van der Waals surface area contributed by atoms with Crippen LogP contribution < -0.4 is 5.32 Å². The van der Waals surface area contributed by atoms with Crippen LogP contribution in [-0.4, -0.2) is 66.8 Å². The van der Waals surface area contributed by atoms with Crippen molar-refractivity contribution < 1.29 is 14.3 Å². The van der Waals surface area contributed by atoms with Gasteiger partial charge in [-0.15, -0.1) is 11.8 Å². The first-order chi connectivity index (χ1) is 14.7. The predicted molar refractivity (Wildman–Crippen MR) is 118 cm³/mol. The molecule has 0 saturated carbocycles. The highest BCUT2D eigenvalue weighted by Gasteiger charge is 2.32. The molecule has 2 amide bonds. The van der Waals surface area contributed by atoms with Gasteiger partial charge < -0.3 is 15.0 Å². The lowest BCUT2D eigenvalue weighted by Crippen LogP contribution is -2.41. The van der Waals surface area contributed by atoms with Crippen molar-refractivity contribution in [2.75, 3.05) is 45.1 Å². The molecule has 0 aromatic heterocycles. The Morgan fingerprint density at radius 1 is 1.07 bits per heavy atom. The zero-order valence-electron chi connectivity index (χ0n) is 17.0. The molecule has 4 rings (SSSR count). The van der Waals surface area contributed by atoms with E-state index in [-0.39, 0.29) is 17.2 Å². The Labute approximate surface area is 181 Å². The summed E-state index contributed by atoms with van der Waals surface area (Å²) in [4.78, 5) is 29.1. The van der Waals surface area contributed by atoms with Gasteiger partial charge in [-0.05, 0) is 23.3 Å². The highest BCUT2D eigenvalue weighted by Crippen LogP contribution is 2.39. The van der Waals surface area contributed by atoms with Crippen LogP contribution in [0.1, 0.15) is 26.9 Å². The second-order valence-corrected chi connectivity index (χ2v) is 8.57. The van der Waals surface area contributed by atoms with Gasteiger partial charge in [0.2, 0.25) is 5.91 Å². The number of hydrogen-bond donors (Lipinski definition) is 1. The predicted octanol–water partition coefficient (Wildman–Crippen LogP) is 2.52. The Hall–Kier alpha value is -2.35. The highest BCUT2D eigenvalue weighted by molar-refractivity contribution is 8.00. The van der Waals surface area contributed by atoms with Gasteiger partial charge in [0.05, 0.1) is 19.0 Å². The Balaban J connectivity index is 1.33. The summed E-state index contributed by atoms with van der Waals surface area (Å²) < 4.78 is 5.34. The van der Waals surface area contributed by atoms with E-state index in [1.165, 1.54) is 0 Å². The number of morpholine rings is 1. The number of hydrogen-bond acceptors (Lipinski definition) is 5. The van der Waals surface area contributed by atoms with Crippen molar-refractivity contribution in [3.05, 3.63) is 71.3 Å². The molecule has 2 aliphatic heterocycles. The van der Waals surface area contributed by atoms with Gasteiger partial charge in [0.25, 0.3) is 5.91 Å². The maximum atomic E-state index is 12.5. The van der Waals surface area contributed by atoms with Gasteiger partial charge in [0, 0.05) is 38.3 Å². The molecule has 0 unspecified atom stereocenters. The van der Waals surface area contributed by atoms with Crippen LogP contribution in [0.5, 0.6) is 0 Å². The normalized spacial score (nSPS) is 19.8. The second-order valence-electron chi connectivity index (χ2n) is 7.50. The average Bonchev–Trinajstić information content (AvgIpc) is 3.15. The summed E-state index contributed by atoms with van der Waals surface area (Å²) in [6.45, 7) is 5.42. The summed E-state index contributed by atoms with van der Waals surface area (Å²) in [5, 5.41) is 2.98. The fraction of sp³-hybridized carbons (Fsp3) is 0.391. The van der Waals surface area contributed by atoms with Crippen molar-refractivity contribution in [3.63, 3.8) is 0 Å². The van der Waals surface area contributed by atoms with E-state index in [0.717, 1.165) is 44.0 Å². The van der Waals surface area contributed by atoms with Crippen LogP contribution in [-0.2, 0) is 16.1 Å². The Bertz CT molecular complexity index is 854. The molecule has 2 aliphatic rings. The minimum Gasteiger partial charge on any atom is -0.379 e. The van der Waals surface area contributed by atoms with E-state index in [2.05, 4.69) is 10.2 Å². The monoisotopic (exact) mass is 425 g/mol. The summed E-state index contributed by atoms with van der Waals surface area (Å²) in [6, 6.07) is 17.7. The van der Waals surface area contributed by atoms with Crippen LogP contribution in [0.4, 0.5) is 0 Å². The molecule has 2 aromatic carbocycles. The topological polar surface area (TPSA) is 61.9 Å². The average molecular weight is 426 g/mol. The summed E-state index contributed by atoms with van der Waals surface area (Å²) in [5.41, 5.74) is 2.81. The van der Waals surface area contributed by atoms with E-state index in [1.807, 2.05) is 59.5 Å². The molecule has 1 atom stereocenters. The third-order valence-corrected chi connectivity index (χ3v) is 6.70. The molecular formula is C23H27N3O3S. The fourth-order valence-electron chi connectivity index (χ4n) is 3.73. The van der Waals surface area contributed by atoms with Gasteiger partial charge >= 0.3 is 0 Å². The molecule has 0 radical (unpaired) electrons. The van der Waals surface area contributed by atoms with Crippen LogP contribution >= 0.6 is 11.8 Å². The first-order valence-electron chi connectivity index (χ1n) is 10.3. The lowest BCUT2D eigenvalue weighted by Gasteiger charge is -2.26. The van der Waals surface area contributed by atoms with Crippen molar-refractivity contribution in [2.24, 2.45) is 0 Å². The molecule has 0 spiro atoms. The molecule has 2 aromatic rings. The van der Waals surface area contributed by atoms with Crippen LogP contribution in [0, 0.1) is 0 Å². The molecular weight excluding hydrogens is 398 g/mol. The first-order valence-corrected chi connectivity index (χ1v) is 11.4. The third-order valence-electron chi connectivity index (χ3n) is 5.44. The SMILES string of the molecule is O=C(NCCN1CCOCC1)c1ccc([C@@H]2SCC(=O)N2Cc2ccccc2)cc1. The number of amides is 2. The Morgan fingerprint density at radius 3 is 2.53 bits per heavy atom. The smallest absolute Gasteiger partial charge is 0.251 e. The maximum Gasteiger partial charge on any atom is 0.251 e. The maximum absolute atomic E-state index is 12.5.